The third-order valence-electron chi connectivity index (χ3n) is 3.56. The maximum Gasteiger partial charge on any atom is 0.322 e. The van der Waals surface area contributed by atoms with Crippen LogP contribution in [0.5, 0.6) is 0 Å². The second-order valence-electron chi connectivity index (χ2n) is 5.17. The summed E-state index contributed by atoms with van der Waals surface area (Å²) in [6.45, 7) is 1.93. The highest BCUT2D eigenvalue weighted by molar-refractivity contribution is 7.89. The summed E-state index contributed by atoms with van der Waals surface area (Å²) in [6, 6.07) is 5.08. The number of hydrogen-bond donors (Lipinski definition) is 2. The molecule has 2 rings (SSSR count). The molecule has 22 heavy (non-hydrogen) atoms. The van der Waals surface area contributed by atoms with Crippen molar-refractivity contribution in [2.75, 3.05) is 6.54 Å². The van der Waals surface area contributed by atoms with Gasteiger partial charge in [0.1, 0.15) is 6.04 Å². The second-order valence-corrected chi connectivity index (χ2v) is 7.06. The summed E-state index contributed by atoms with van der Waals surface area (Å²) in [5, 5.41) is 11.7. The van der Waals surface area contributed by atoms with Gasteiger partial charge in [-0.3, -0.25) is 9.59 Å². The van der Waals surface area contributed by atoms with Gasteiger partial charge in [-0.15, -0.1) is 0 Å². The van der Waals surface area contributed by atoms with E-state index >= 15 is 0 Å². The van der Waals surface area contributed by atoms with Crippen molar-refractivity contribution in [3.63, 3.8) is 0 Å². The molecule has 0 spiro atoms. The van der Waals surface area contributed by atoms with Gasteiger partial charge >= 0.3 is 5.97 Å². The van der Waals surface area contributed by atoms with Crippen molar-refractivity contribution in [3.8, 4) is 0 Å². The molecule has 1 aromatic rings. The van der Waals surface area contributed by atoms with Crippen LogP contribution in [0.15, 0.2) is 29.2 Å². The lowest BCUT2D eigenvalue weighted by atomic mass is 10.2. The van der Waals surface area contributed by atoms with Gasteiger partial charge in [0, 0.05) is 20.0 Å². The molecule has 7 nitrogen and oxygen atoms in total. The summed E-state index contributed by atoms with van der Waals surface area (Å²) in [5.41, 5.74) is 0.769. The van der Waals surface area contributed by atoms with E-state index in [0.29, 0.717) is 19.4 Å². The first-order valence-electron chi connectivity index (χ1n) is 6.90. The number of rotatable bonds is 5. The molecule has 8 heteroatoms. The quantitative estimate of drug-likeness (QED) is 0.823. The van der Waals surface area contributed by atoms with Crippen LogP contribution in [0.3, 0.4) is 0 Å². The average molecular weight is 326 g/mol. The number of hydrogen-bond acceptors (Lipinski definition) is 4. The molecule has 2 N–H and O–H groups in total. The fourth-order valence-electron chi connectivity index (χ4n) is 2.42. The van der Waals surface area contributed by atoms with Crippen LogP contribution in [0.4, 0.5) is 0 Å². The van der Waals surface area contributed by atoms with Crippen LogP contribution in [0.1, 0.15) is 25.3 Å². The Hall–Kier alpha value is -1.93. The van der Waals surface area contributed by atoms with Crippen LogP contribution in [0, 0.1) is 0 Å². The first-order valence-corrected chi connectivity index (χ1v) is 8.34. The highest BCUT2D eigenvalue weighted by Crippen LogP contribution is 2.26. The third kappa shape index (κ3) is 3.45. The third-order valence-corrected chi connectivity index (χ3v) is 5.48. The SMILES string of the molecule is CC(=O)NCc1ccc(S(=O)(=O)N2CCC[C@H]2C(=O)O)cc1. The molecule has 0 aliphatic carbocycles. The molecule has 0 radical (unpaired) electrons. The maximum absolute atomic E-state index is 12.5. The van der Waals surface area contributed by atoms with Crippen LogP contribution in [0.25, 0.3) is 0 Å². The van der Waals surface area contributed by atoms with E-state index < -0.39 is 22.0 Å². The maximum atomic E-state index is 12.5. The van der Waals surface area contributed by atoms with Gasteiger partial charge in [0.25, 0.3) is 0 Å². The van der Waals surface area contributed by atoms with Crippen molar-refractivity contribution in [1.29, 1.82) is 0 Å². The Morgan fingerprint density at radius 2 is 1.95 bits per heavy atom. The van der Waals surface area contributed by atoms with Gasteiger partial charge in [-0.2, -0.15) is 4.31 Å². The second kappa shape index (κ2) is 6.45. The minimum atomic E-state index is -3.82. The summed E-state index contributed by atoms with van der Waals surface area (Å²) in [6.07, 6.45) is 0.867. The molecule has 1 heterocycles. The lowest BCUT2D eigenvalue weighted by Crippen LogP contribution is -2.40. The predicted octanol–water partition coefficient (Wildman–Crippen LogP) is 0.560. The van der Waals surface area contributed by atoms with E-state index in [2.05, 4.69) is 5.32 Å². The molecule has 0 aromatic heterocycles. The number of carboxylic acids is 1. The molecule has 1 fully saturated rings. The van der Waals surface area contributed by atoms with Crippen molar-refractivity contribution < 1.29 is 23.1 Å². The van der Waals surface area contributed by atoms with Crippen LogP contribution in [-0.4, -0.2) is 42.3 Å². The minimum absolute atomic E-state index is 0.0622. The van der Waals surface area contributed by atoms with Gasteiger partial charge in [0.15, 0.2) is 0 Å². The number of carboxylic acid groups (broad SMARTS) is 1. The number of carbonyl (C=O) groups excluding carboxylic acids is 1. The smallest absolute Gasteiger partial charge is 0.322 e. The average Bonchev–Trinajstić information content (AvgIpc) is 2.96. The molecule has 1 aliphatic heterocycles. The zero-order valence-corrected chi connectivity index (χ0v) is 13.0. The molecule has 1 aromatic carbocycles. The van der Waals surface area contributed by atoms with Gasteiger partial charge in [0.2, 0.25) is 15.9 Å². The standard InChI is InChI=1S/C14H18N2O5S/c1-10(17)15-9-11-4-6-12(7-5-11)22(20,21)16-8-2-3-13(16)14(18)19/h4-7,13H,2-3,8-9H2,1H3,(H,15,17)(H,18,19)/t13-/m0/s1. The van der Waals surface area contributed by atoms with E-state index in [4.69, 9.17) is 5.11 Å². The number of carbonyl (C=O) groups is 2. The minimum Gasteiger partial charge on any atom is -0.480 e. The van der Waals surface area contributed by atoms with Gasteiger partial charge in [-0.1, -0.05) is 12.1 Å². The Morgan fingerprint density at radius 3 is 2.50 bits per heavy atom. The number of nitrogens with one attached hydrogen (secondary N) is 1. The van der Waals surface area contributed by atoms with Crippen LogP contribution in [0.2, 0.25) is 0 Å². The van der Waals surface area contributed by atoms with E-state index in [-0.39, 0.29) is 17.3 Å². The van der Waals surface area contributed by atoms with E-state index in [1.165, 1.54) is 19.1 Å². The van der Waals surface area contributed by atoms with E-state index in [9.17, 15) is 18.0 Å². The lowest BCUT2D eigenvalue weighted by Gasteiger charge is -2.21. The number of benzene rings is 1. The molecule has 1 atom stereocenters. The van der Waals surface area contributed by atoms with Crippen molar-refractivity contribution in [3.05, 3.63) is 29.8 Å². The molecule has 0 bridgehead atoms. The van der Waals surface area contributed by atoms with Crippen LogP contribution < -0.4 is 5.32 Å². The Balaban J connectivity index is 2.19. The molecule has 1 saturated heterocycles. The summed E-state index contributed by atoms with van der Waals surface area (Å²) in [7, 11) is -3.82. The number of nitrogens with zero attached hydrogens (tertiary/aromatic N) is 1. The summed E-state index contributed by atoms with van der Waals surface area (Å²) >= 11 is 0. The van der Waals surface area contributed by atoms with Crippen molar-refractivity contribution in [2.45, 2.75) is 37.2 Å². The first kappa shape index (κ1) is 16.4. The van der Waals surface area contributed by atoms with Crippen molar-refractivity contribution in [1.82, 2.24) is 9.62 Å². The number of amides is 1. The normalized spacial score (nSPS) is 19.0. The fraction of sp³-hybridized carbons (Fsp3) is 0.429. The Labute approximate surface area is 129 Å². The highest BCUT2D eigenvalue weighted by atomic mass is 32.2. The highest BCUT2D eigenvalue weighted by Gasteiger charge is 2.39. The molecular formula is C14H18N2O5S. The predicted molar refractivity (Wildman–Crippen MR) is 78.5 cm³/mol. The van der Waals surface area contributed by atoms with Crippen molar-refractivity contribution >= 4 is 21.9 Å². The summed E-state index contributed by atoms with van der Waals surface area (Å²) in [4.78, 5) is 22.1. The van der Waals surface area contributed by atoms with Crippen LogP contribution in [-0.2, 0) is 26.2 Å². The fourth-order valence-corrected chi connectivity index (χ4v) is 4.07. The van der Waals surface area contributed by atoms with Gasteiger partial charge in [-0.05, 0) is 30.5 Å². The summed E-state index contributed by atoms with van der Waals surface area (Å²) in [5.74, 6) is -1.29. The van der Waals surface area contributed by atoms with E-state index in [1.54, 1.807) is 12.1 Å². The molecular weight excluding hydrogens is 308 g/mol. The monoisotopic (exact) mass is 326 g/mol. The van der Waals surface area contributed by atoms with Crippen molar-refractivity contribution in [2.24, 2.45) is 0 Å². The first-order chi connectivity index (χ1) is 10.3. The number of sulfonamides is 1. The van der Waals surface area contributed by atoms with Crippen LogP contribution >= 0.6 is 0 Å². The van der Waals surface area contributed by atoms with E-state index in [1.807, 2.05) is 0 Å². The molecule has 0 unspecified atom stereocenters. The largest absolute Gasteiger partial charge is 0.480 e. The number of aliphatic carboxylic acids is 1. The Bertz CT molecular complexity index is 669. The zero-order valence-electron chi connectivity index (χ0n) is 12.2. The summed E-state index contributed by atoms with van der Waals surface area (Å²) < 4.78 is 26.1. The lowest BCUT2D eigenvalue weighted by molar-refractivity contribution is -0.140. The molecule has 120 valence electrons. The Kier molecular flexibility index (Phi) is 4.82. The van der Waals surface area contributed by atoms with E-state index in [0.717, 1.165) is 9.87 Å². The molecule has 1 amide bonds. The van der Waals surface area contributed by atoms with Gasteiger partial charge < -0.3 is 10.4 Å². The molecule has 0 saturated carbocycles. The zero-order chi connectivity index (χ0) is 16.3. The molecule has 1 aliphatic rings. The van der Waals surface area contributed by atoms with Gasteiger partial charge in [-0.25, -0.2) is 8.42 Å². The topological polar surface area (TPSA) is 104 Å². The van der Waals surface area contributed by atoms with Gasteiger partial charge in [0.05, 0.1) is 4.90 Å². The Morgan fingerprint density at radius 1 is 1.32 bits per heavy atom.